The average Bonchev–Trinajstić information content (AvgIpc) is 2.76. The lowest BCUT2D eigenvalue weighted by Crippen LogP contribution is -2.31. The molecule has 0 saturated heterocycles. The van der Waals surface area contributed by atoms with Crippen LogP contribution in [0.3, 0.4) is 0 Å². The average molecular weight is 239 g/mol. The monoisotopic (exact) mass is 239 g/mol. The zero-order chi connectivity index (χ0) is 12.8. The van der Waals surface area contributed by atoms with Gasteiger partial charge in [-0.1, -0.05) is 0 Å². The molecule has 17 heavy (non-hydrogen) atoms. The third-order valence-electron chi connectivity index (χ3n) is 3.08. The van der Waals surface area contributed by atoms with Crippen LogP contribution in [0.4, 0.5) is 0 Å². The summed E-state index contributed by atoms with van der Waals surface area (Å²) in [4.78, 5) is 0. The summed E-state index contributed by atoms with van der Waals surface area (Å²) in [6.45, 7) is 6.37. The van der Waals surface area contributed by atoms with E-state index in [0.29, 0.717) is 12.1 Å². The number of methoxy groups -OCH3 is 1. The molecule has 2 unspecified atom stereocenters. The molecule has 0 aliphatic heterocycles. The molecule has 1 rings (SSSR count). The van der Waals surface area contributed by atoms with E-state index in [0.717, 1.165) is 18.5 Å². The summed E-state index contributed by atoms with van der Waals surface area (Å²) in [5, 5.41) is 7.89. The topological polar surface area (TPSA) is 39.1 Å². The van der Waals surface area contributed by atoms with Crippen molar-refractivity contribution < 1.29 is 4.74 Å². The van der Waals surface area contributed by atoms with Crippen LogP contribution >= 0.6 is 0 Å². The number of hydrogen-bond acceptors (Lipinski definition) is 3. The van der Waals surface area contributed by atoms with Crippen LogP contribution in [-0.4, -0.2) is 36.1 Å². The van der Waals surface area contributed by atoms with E-state index in [4.69, 9.17) is 4.74 Å². The van der Waals surface area contributed by atoms with Crippen LogP contribution in [0.2, 0.25) is 0 Å². The maximum Gasteiger partial charge on any atom is 0.0640 e. The normalized spacial score (nSPS) is 15.2. The molecule has 98 valence electrons. The minimum Gasteiger partial charge on any atom is -0.382 e. The Labute approximate surface area is 104 Å². The predicted octanol–water partition coefficient (Wildman–Crippen LogP) is 2.02. The first-order valence-electron chi connectivity index (χ1n) is 6.30. The van der Waals surface area contributed by atoms with Crippen LogP contribution in [0.25, 0.3) is 0 Å². The Kier molecular flexibility index (Phi) is 5.65. The Morgan fingerprint density at radius 1 is 1.41 bits per heavy atom. The quantitative estimate of drug-likeness (QED) is 0.791. The number of hydrogen-bond donors (Lipinski definition) is 1. The fourth-order valence-electron chi connectivity index (χ4n) is 1.83. The van der Waals surface area contributed by atoms with Gasteiger partial charge >= 0.3 is 0 Å². The van der Waals surface area contributed by atoms with Crippen LogP contribution in [0.1, 0.15) is 38.9 Å². The zero-order valence-electron chi connectivity index (χ0n) is 11.6. The van der Waals surface area contributed by atoms with Crippen molar-refractivity contribution >= 4 is 0 Å². The summed E-state index contributed by atoms with van der Waals surface area (Å²) in [6, 6.07) is 2.94. The van der Waals surface area contributed by atoms with Crippen LogP contribution in [0.15, 0.2) is 12.3 Å². The van der Waals surface area contributed by atoms with Gasteiger partial charge in [0, 0.05) is 31.8 Å². The van der Waals surface area contributed by atoms with Crippen molar-refractivity contribution in [3.05, 3.63) is 18.0 Å². The largest absolute Gasteiger partial charge is 0.382 e. The van der Waals surface area contributed by atoms with E-state index in [1.165, 1.54) is 0 Å². The van der Waals surface area contributed by atoms with E-state index in [2.05, 4.69) is 37.3 Å². The summed E-state index contributed by atoms with van der Waals surface area (Å²) < 4.78 is 7.30. The molecular weight excluding hydrogens is 214 g/mol. The number of nitrogens with one attached hydrogen (secondary N) is 1. The van der Waals surface area contributed by atoms with Crippen LogP contribution in [0, 0.1) is 0 Å². The van der Waals surface area contributed by atoms with E-state index in [1.807, 2.05) is 17.9 Å². The fourth-order valence-corrected chi connectivity index (χ4v) is 1.83. The molecule has 2 atom stereocenters. The van der Waals surface area contributed by atoms with E-state index in [9.17, 15) is 0 Å². The maximum atomic E-state index is 5.30. The molecular formula is C13H25N3O. The van der Waals surface area contributed by atoms with Gasteiger partial charge in [-0.2, -0.15) is 5.10 Å². The number of rotatable bonds is 7. The molecule has 0 spiro atoms. The number of nitrogens with zero attached hydrogens (tertiary/aromatic N) is 2. The molecule has 1 aromatic heterocycles. The van der Waals surface area contributed by atoms with E-state index < -0.39 is 0 Å². The van der Waals surface area contributed by atoms with Gasteiger partial charge in [-0.05, 0) is 40.3 Å². The SMILES string of the molecule is CNC(Cc1ccn(C(C)C)n1)CC(C)OC. The highest BCUT2D eigenvalue weighted by molar-refractivity contribution is 5.02. The highest BCUT2D eigenvalue weighted by Crippen LogP contribution is 2.09. The van der Waals surface area contributed by atoms with Gasteiger partial charge in [-0.15, -0.1) is 0 Å². The summed E-state index contributed by atoms with van der Waals surface area (Å²) >= 11 is 0. The van der Waals surface area contributed by atoms with Gasteiger partial charge < -0.3 is 10.1 Å². The molecule has 1 heterocycles. The molecule has 0 bridgehead atoms. The third-order valence-corrected chi connectivity index (χ3v) is 3.08. The molecule has 1 N–H and O–H groups in total. The first-order chi connectivity index (χ1) is 8.06. The van der Waals surface area contributed by atoms with Gasteiger partial charge in [-0.3, -0.25) is 4.68 Å². The molecule has 0 fully saturated rings. The highest BCUT2D eigenvalue weighted by Gasteiger charge is 2.13. The van der Waals surface area contributed by atoms with Crippen molar-refractivity contribution in [3.63, 3.8) is 0 Å². The Balaban J connectivity index is 2.54. The second-order valence-electron chi connectivity index (χ2n) is 4.85. The van der Waals surface area contributed by atoms with Crippen LogP contribution in [-0.2, 0) is 11.2 Å². The summed E-state index contributed by atoms with van der Waals surface area (Å²) in [5.74, 6) is 0. The summed E-state index contributed by atoms with van der Waals surface area (Å²) in [7, 11) is 3.75. The van der Waals surface area contributed by atoms with Crippen molar-refractivity contribution in [3.8, 4) is 0 Å². The highest BCUT2D eigenvalue weighted by atomic mass is 16.5. The van der Waals surface area contributed by atoms with Gasteiger partial charge in [0.05, 0.1) is 11.8 Å². The number of ether oxygens (including phenoxy) is 1. The Hall–Kier alpha value is -0.870. The van der Waals surface area contributed by atoms with Crippen molar-refractivity contribution in [1.82, 2.24) is 15.1 Å². The van der Waals surface area contributed by atoms with Crippen LogP contribution in [0.5, 0.6) is 0 Å². The molecule has 4 nitrogen and oxygen atoms in total. The van der Waals surface area contributed by atoms with E-state index >= 15 is 0 Å². The summed E-state index contributed by atoms with van der Waals surface area (Å²) in [6.07, 6.45) is 4.28. The lowest BCUT2D eigenvalue weighted by Gasteiger charge is -2.18. The third kappa shape index (κ3) is 4.48. The van der Waals surface area contributed by atoms with Crippen LogP contribution < -0.4 is 5.32 Å². The Morgan fingerprint density at radius 2 is 2.12 bits per heavy atom. The minimum atomic E-state index is 0.277. The maximum absolute atomic E-state index is 5.30. The van der Waals surface area contributed by atoms with Crippen molar-refractivity contribution in [2.45, 2.75) is 51.8 Å². The van der Waals surface area contributed by atoms with Gasteiger partial charge in [0.1, 0.15) is 0 Å². The molecule has 0 amide bonds. The second-order valence-corrected chi connectivity index (χ2v) is 4.85. The standard InChI is InChI=1S/C13H25N3O/c1-10(2)16-7-6-12(15-16)9-13(14-4)8-11(3)17-5/h6-7,10-11,13-14H,8-9H2,1-5H3. The Bertz CT molecular complexity index is 322. The lowest BCUT2D eigenvalue weighted by molar-refractivity contribution is 0.101. The molecule has 0 aromatic carbocycles. The first kappa shape index (κ1) is 14.2. The van der Waals surface area contributed by atoms with Gasteiger partial charge in [0.15, 0.2) is 0 Å². The van der Waals surface area contributed by atoms with E-state index in [1.54, 1.807) is 7.11 Å². The molecule has 0 saturated carbocycles. The van der Waals surface area contributed by atoms with Crippen molar-refractivity contribution in [1.29, 1.82) is 0 Å². The van der Waals surface area contributed by atoms with Gasteiger partial charge in [0.25, 0.3) is 0 Å². The molecule has 0 aliphatic carbocycles. The van der Waals surface area contributed by atoms with E-state index in [-0.39, 0.29) is 6.10 Å². The second kappa shape index (κ2) is 6.77. The van der Waals surface area contributed by atoms with Crippen molar-refractivity contribution in [2.24, 2.45) is 0 Å². The molecule has 4 heteroatoms. The van der Waals surface area contributed by atoms with Gasteiger partial charge in [0.2, 0.25) is 0 Å². The lowest BCUT2D eigenvalue weighted by atomic mass is 10.1. The number of likely N-dealkylation sites (N-methyl/N-ethyl adjacent to an activating group) is 1. The first-order valence-corrected chi connectivity index (χ1v) is 6.30. The zero-order valence-corrected chi connectivity index (χ0v) is 11.6. The fraction of sp³-hybridized carbons (Fsp3) is 0.769. The van der Waals surface area contributed by atoms with Crippen molar-refractivity contribution in [2.75, 3.05) is 14.2 Å². The smallest absolute Gasteiger partial charge is 0.0640 e. The summed E-state index contributed by atoms with van der Waals surface area (Å²) in [5.41, 5.74) is 1.14. The molecule has 0 radical (unpaired) electrons. The van der Waals surface area contributed by atoms with Gasteiger partial charge in [-0.25, -0.2) is 0 Å². The predicted molar refractivity (Wildman–Crippen MR) is 70.3 cm³/mol. The minimum absolute atomic E-state index is 0.277. The number of aromatic nitrogens is 2. The molecule has 0 aliphatic rings. The molecule has 1 aromatic rings. The Morgan fingerprint density at radius 3 is 2.59 bits per heavy atom.